The lowest BCUT2D eigenvalue weighted by atomic mass is 9.95. The van der Waals surface area contributed by atoms with Gasteiger partial charge in [0.15, 0.2) is 5.82 Å². The summed E-state index contributed by atoms with van der Waals surface area (Å²) in [5.74, 6) is 1.13. The number of halogens is 1. The minimum absolute atomic E-state index is 0.349. The van der Waals surface area contributed by atoms with E-state index in [0.717, 1.165) is 29.8 Å². The highest BCUT2D eigenvalue weighted by atomic mass is 79.9. The van der Waals surface area contributed by atoms with Crippen molar-refractivity contribution in [2.45, 2.75) is 19.3 Å². The maximum absolute atomic E-state index is 4.26. The molecule has 2 rings (SSSR count). The lowest BCUT2D eigenvalue weighted by Crippen LogP contribution is -2.23. The second-order valence-corrected chi connectivity index (χ2v) is 5.37. The molecule has 1 N–H and O–H groups in total. The third kappa shape index (κ3) is 4.11. The molecule has 1 atom stereocenters. The summed E-state index contributed by atoms with van der Waals surface area (Å²) in [6.45, 7) is 3.97. The Kier molecular flexibility index (Phi) is 5.04. The van der Waals surface area contributed by atoms with Crippen molar-refractivity contribution in [1.29, 1.82) is 0 Å². The fourth-order valence-corrected chi connectivity index (χ4v) is 2.43. The number of hydrogen-bond acceptors (Lipinski definition) is 4. The molecule has 1 aromatic carbocycles. The van der Waals surface area contributed by atoms with Crippen molar-refractivity contribution < 1.29 is 0 Å². The van der Waals surface area contributed by atoms with E-state index in [1.165, 1.54) is 10.4 Å². The fourth-order valence-electron chi connectivity index (χ4n) is 2.01. The lowest BCUT2D eigenvalue weighted by Gasteiger charge is -2.16. The van der Waals surface area contributed by atoms with Crippen LogP contribution in [0.5, 0.6) is 0 Å². The molecule has 0 fully saturated rings. The van der Waals surface area contributed by atoms with Crippen LogP contribution in [-0.2, 0) is 13.5 Å². The molecule has 5 nitrogen and oxygen atoms in total. The Bertz CT molecular complexity index is 525. The standard InChI is InChI=1S/C13H18BrN5/c1-3-15-9-11(8-13-16-18-19(2)17-13)10-5-4-6-12(14)7-10/h4-7,11,15H,3,8-9H2,1-2H3. The summed E-state index contributed by atoms with van der Waals surface area (Å²) in [5.41, 5.74) is 1.28. The number of nitrogens with zero attached hydrogens (tertiary/aromatic N) is 4. The first-order chi connectivity index (χ1) is 9.19. The van der Waals surface area contributed by atoms with Crippen LogP contribution >= 0.6 is 15.9 Å². The number of benzene rings is 1. The molecule has 0 aliphatic heterocycles. The minimum Gasteiger partial charge on any atom is -0.316 e. The molecule has 1 unspecified atom stereocenters. The highest BCUT2D eigenvalue weighted by Gasteiger charge is 2.15. The van der Waals surface area contributed by atoms with Gasteiger partial charge in [0, 0.05) is 23.4 Å². The molecule has 0 aliphatic carbocycles. The molecule has 0 saturated heterocycles. The normalized spacial score (nSPS) is 12.6. The quantitative estimate of drug-likeness (QED) is 0.882. The van der Waals surface area contributed by atoms with Crippen LogP contribution in [0.1, 0.15) is 24.2 Å². The van der Waals surface area contributed by atoms with Gasteiger partial charge in [-0.15, -0.1) is 10.2 Å². The average molecular weight is 324 g/mol. The van der Waals surface area contributed by atoms with E-state index in [1.54, 1.807) is 7.05 Å². The van der Waals surface area contributed by atoms with Crippen molar-refractivity contribution in [3.63, 3.8) is 0 Å². The zero-order chi connectivity index (χ0) is 13.7. The Hall–Kier alpha value is -1.27. The SMILES string of the molecule is CCNCC(Cc1nnn(C)n1)c1cccc(Br)c1. The monoisotopic (exact) mass is 323 g/mol. The molecule has 0 amide bonds. The fraction of sp³-hybridized carbons (Fsp3) is 0.462. The van der Waals surface area contributed by atoms with Gasteiger partial charge in [0.05, 0.1) is 7.05 Å². The van der Waals surface area contributed by atoms with Gasteiger partial charge in [-0.3, -0.25) is 0 Å². The third-order valence-electron chi connectivity index (χ3n) is 2.94. The summed E-state index contributed by atoms with van der Waals surface area (Å²) in [6.07, 6.45) is 0.789. The van der Waals surface area contributed by atoms with Gasteiger partial charge in [0.1, 0.15) is 0 Å². The largest absolute Gasteiger partial charge is 0.316 e. The molecular weight excluding hydrogens is 306 g/mol. The van der Waals surface area contributed by atoms with Crippen LogP contribution in [0, 0.1) is 0 Å². The maximum Gasteiger partial charge on any atom is 0.175 e. The van der Waals surface area contributed by atoms with Crippen molar-refractivity contribution >= 4 is 15.9 Å². The van der Waals surface area contributed by atoms with Crippen molar-refractivity contribution in [2.24, 2.45) is 7.05 Å². The van der Waals surface area contributed by atoms with Crippen LogP contribution in [0.25, 0.3) is 0 Å². The lowest BCUT2D eigenvalue weighted by molar-refractivity contribution is 0.577. The van der Waals surface area contributed by atoms with Gasteiger partial charge in [-0.05, 0) is 29.5 Å². The smallest absolute Gasteiger partial charge is 0.175 e. The van der Waals surface area contributed by atoms with E-state index in [2.05, 4.69) is 61.8 Å². The molecule has 1 aromatic heterocycles. The number of likely N-dealkylation sites (N-methyl/N-ethyl adjacent to an activating group) is 1. The highest BCUT2D eigenvalue weighted by molar-refractivity contribution is 9.10. The van der Waals surface area contributed by atoms with Gasteiger partial charge in [-0.2, -0.15) is 4.80 Å². The van der Waals surface area contributed by atoms with Crippen LogP contribution in [0.15, 0.2) is 28.7 Å². The first-order valence-corrected chi connectivity index (χ1v) is 7.17. The van der Waals surface area contributed by atoms with Crippen LogP contribution in [0.4, 0.5) is 0 Å². The van der Waals surface area contributed by atoms with Crippen molar-refractivity contribution in [2.75, 3.05) is 13.1 Å². The number of tetrazole rings is 1. The van der Waals surface area contributed by atoms with E-state index in [4.69, 9.17) is 0 Å². The van der Waals surface area contributed by atoms with E-state index < -0.39 is 0 Å². The first-order valence-electron chi connectivity index (χ1n) is 6.38. The van der Waals surface area contributed by atoms with Gasteiger partial charge < -0.3 is 5.32 Å². The first kappa shape index (κ1) is 14.1. The molecule has 6 heteroatoms. The molecule has 0 bridgehead atoms. The van der Waals surface area contributed by atoms with Crippen LogP contribution < -0.4 is 5.32 Å². The second kappa shape index (κ2) is 6.77. The maximum atomic E-state index is 4.26. The van der Waals surface area contributed by atoms with E-state index in [9.17, 15) is 0 Å². The third-order valence-corrected chi connectivity index (χ3v) is 3.43. The van der Waals surface area contributed by atoms with Crippen LogP contribution in [-0.4, -0.2) is 33.3 Å². The molecule has 0 aliphatic rings. The van der Waals surface area contributed by atoms with E-state index >= 15 is 0 Å². The van der Waals surface area contributed by atoms with Crippen molar-refractivity contribution in [3.8, 4) is 0 Å². The zero-order valence-corrected chi connectivity index (χ0v) is 12.8. The highest BCUT2D eigenvalue weighted by Crippen LogP contribution is 2.22. The van der Waals surface area contributed by atoms with Gasteiger partial charge >= 0.3 is 0 Å². The summed E-state index contributed by atoms with van der Waals surface area (Å²) in [7, 11) is 1.79. The van der Waals surface area contributed by atoms with E-state index in [0.29, 0.717) is 5.92 Å². The summed E-state index contributed by atoms with van der Waals surface area (Å²) < 4.78 is 1.10. The van der Waals surface area contributed by atoms with Gasteiger partial charge in [-0.1, -0.05) is 35.0 Å². The summed E-state index contributed by atoms with van der Waals surface area (Å²) in [4.78, 5) is 1.50. The average Bonchev–Trinajstić information content (AvgIpc) is 2.80. The van der Waals surface area contributed by atoms with E-state index in [1.807, 2.05) is 6.07 Å². The Labute approximate surface area is 121 Å². The Morgan fingerprint density at radius 3 is 2.89 bits per heavy atom. The summed E-state index contributed by atoms with van der Waals surface area (Å²) in [6, 6.07) is 8.39. The zero-order valence-electron chi connectivity index (χ0n) is 11.2. The number of hydrogen-bond donors (Lipinski definition) is 1. The van der Waals surface area contributed by atoms with E-state index in [-0.39, 0.29) is 0 Å². The van der Waals surface area contributed by atoms with Crippen LogP contribution in [0.3, 0.4) is 0 Å². The molecule has 19 heavy (non-hydrogen) atoms. The molecule has 1 heterocycles. The number of rotatable bonds is 6. The predicted molar refractivity (Wildman–Crippen MR) is 77.9 cm³/mol. The topological polar surface area (TPSA) is 55.6 Å². The van der Waals surface area contributed by atoms with Crippen molar-refractivity contribution in [1.82, 2.24) is 25.5 Å². The second-order valence-electron chi connectivity index (χ2n) is 4.46. The van der Waals surface area contributed by atoms with Crippen LogP contribution in [0.2, 0.25) is 0 Å². The Morgan fingerprint density at radius 1 is 1.42 bits per heavy atom. The Morgan fingerprint density at radius 2 is 2.26 bits per heavy atom. The summed E-state index contributed by atoms with van der Waals surface area (Å²) in [5, 5.41) is 15.6. The van der Waals surface area contributed by atoms with Gasteiger partial charge in [0.25, 0.3) is 0 Å². The molecule has 0 radical (unpaired) electrons. The molecule has 2 aromatic rings. The summed E-state index contributed by atoms with van der Waals surface area (Å²) >= 11 is 3.52. The molecule has 0 saturated carbocycles. The molecule has 0 spiro atoms. The van der Waals surface area contributed by atoms with Gasteiger partial charge in [0.2, 0.25) is 0 Å². The number of nitrogens with one attached hydrogen (secondary N) is 1. The predicted octanol–water partition coefficient (Wildman–Crippen LogP) is 1.91. The minimum atomic E-state index is 0.349. The molecule has 102 valence electrons. The molecular formula is C13H18BrN5. The van der Waals surface area contributed by atoms with Crippen molar-refractivity contribution in [3.05, 3.63) is 40.1 Å². The van der Waals surface area contributed by atoms with Gasteiger partial charge in [-0.25, -0.2) is 0 Å². The number of aromatic nitrogens is 4. The Balaban J connectivity index is 2.15. The number of aryl methyl sites for hydroxylation is 1.